The van der Waals surface area contributed by atoms with Gasteiger partial charge in [-0.1, -0.05) is 0 Å². The Kier molecular flexibility index (Phi) is 4.23. The molecule has 0 saturated heterocycles. The number of aromatic nitrogens is 2. The standard InChI is InChI=1S/C13H11ClN4O2/c1-19-10-4-3-8(5-11(10)20-2)16-12-6-9(7-15)17-13(14)18-12/h3-6H,1-2H3,(H,16,17,18). The van der Waals surface area contributed by atoms with Crippen LogP contribution in [0.15, 0.2) is 24.3 Å². The van der Waals surface area contributed by atoms with Gasteiger partial charge in [-0.05, 0) is 23.7 Å². The number of nitrogens with one attached hydrogen (secondary N) is 1. The molecule has 0 atom stereocenters. The van der Waals surface area contributed by atoms with Crippen molar-refractivity contribution in [2.45, 2.75) is 0 Å². The first kappa shape index (κ1) is 13.9. The van der Waals surface area contributed by atoms with Crippen LogP contribution in [-0.2, 0) is 0 Å². The lowest BCUT2D eigenvalue weighted by molar-refractivity contribution is 0.355. The number of methoxy groups -OCH3 is 2. The van der Waals surface area contributed by atoms with Gasteiger partial charge < -0.3 is 14.8 Å². The van der Waals surface area contributed by atoms with Crippen LogP contribution in [0.4, 0.5) is 11.5 Å². The van der Waals surface area contributed by atoms with E-state index in [-0.39, 0.29) is 11.0 Å². The summed E-state index contributed by atoms with van der Waals surface area (Å²) in [6, 6.07) is 8.72. The van der Waals surface area contributed by atoms with Crippen LogP contribution in [0.5, 0.6) is 11.5 Å². The molecule has 0 spiro atoms. The molecule has 1 aromatic carbocycles. The second kappa shape index (κ2) is 6.08. The first-order valence-corrected chi connectivity index (χ1v) is 5.98. The summed E-state index contributed by atoms with van der Waals surface area (Å²) < 4.78 is 10.4. The SMILES string of the molecule is COc1ccc(Nc2cc(C#N)nc(Cl)n2)cc1OC. The van der Waals surface area contributed by atoms with Gasteiger partial charge in [0.2, 0.25) is 5.28 Å². The zero-order valence-electron chi connectivity index (χ0n) is 10.8. The Morgan fingerprint density at radius 1 is 1.15 bits per heavy atom. The van der Waals surface area contributed by atoms with Crippen LogP contribution in [0.1, 0.15) is 5.69 Å². The highest BCUT2D eigenvalue weighted by molar-refractivity contribution is 6.28. The van der Waals surface area contributed by atoms with Gasteiger partial charge in [0.1, 0.15) is 17.6 Å². The van der Waals surface area contributed by atoms with Crippen LogP contribution >= 0.6 is 11.6 Å². The Hall–Kier alpha value is -2.52. The van der Waals surface area contributed by atoms with Crippen LogP contribution < -0.4 is 14.8 Å². The molecule has 0 aliphatic carbocycles. The van der Waals surface area contributed by atoms with E-state index >= 15 is 0 Å². The number of anilines is 2. The van der Waals surface area contributed by atoms with E-state index in [1.807, 2.05) is 6.07 Å². The average molecular weight is 291 g/mol. The van der Waals surface area contributed by atoms with Gasteiger partial charge in [0.25, 0.3) is 0 Å². The van der Waals surface area contributed by atoms with Crippen molar-refractivity contribution in [1.29, 1.82) is 5.26 Å². The molecule has 2 rings (SSSR count). The fourth-order valence-corrected chi connectivity index (χ4v) is 1.78. The summed E-state index contributed by atoms with van der Waals surface area (Å²) in [4.78, 5) is 7.76. The van der Waals surface area contributed by atoms with E-state index in [0.717, 1.165) is 5.69 Å². The van der Waals surface area contributed by atoms with E-state index in [4.69, 9.17) is 26.3 Å². The molecule has 0 aliphatic heterocycles. The molecular weight excluding hydrogens is 280 g/mol. The van der Waals surface area contributed by atoms with Crippen molar-refractivity contribution in [3.63, 3.8) is 0 Å². The number of nitriles is 1. The van der Waals surface area contributed by atoms with E-state index in [1.165, 1.54) is 6.07 Å². The molecule has 0 bridgehead atoms. The Bertz CT molecular complexity index is 670. The van der Waals surface area contributed by atoms with Gasteiger partial charge in [-0.25, -0.2) is 9.97 Å². The summed E-state index contributed by atoms with van der Waals surface area (Å²) in [5.41, 5.74) is 0.911. The topological polar surface area (TPSA) is 80.1 Å². The summed E-state index contributed by atoms with van der Waals surface area (Å²) in [5, 5.41) is 11.9. The molecule has 1 heterocycles. The fraction of sp³-hybridized carbons (Fsp3) is 0.154. The van der Waals surface area contributed by atoms with E-state index < -0.39 is 0 Å². The number of hydrogen-bond donors (Lipinski definition) is 1. The molecule has 0 unspecified atom stereocenters. The molecule has 6 nitrogen and oxygen atoms in total. The van der Waals surface area contributed by atoms with E-state index in [1.54, 1.807) is 32.4 Å². The van der Waals surface area contributed by atoms with Gasteiger partial charge in [-0.15, -0.1) is 0 Å². The zero-order valence-corrected chi connectivity index (χ0v) is 11.6. The predicted molar refractivity (Wildman–Crippen MR) is 74.6 cm³/mol. The van der Waals surface area contributed by atoms with Crippen molar-refractivity contribution < 1.29 is 9.47 Å². The molecule has 20 heavy (non-hydrogen) atoms. The Labute approximate surface area is 120 Å². The molecule has 7 heteroatoms. The molecule has 0 fully saturated rings. The molecule has 1 aromatic heterocycles. The third-order valence-electron chi connectivity index (χ3n) is 2.47. The first-order valence-electron chi connectivity index (χ1n) is 5.60. The van der Waals surface area contributed by atoms with Gasteiger partial charge in [0.15, 0.2) is 11.5 Å². The van der Waals surface area contributed by atoms with Gasteiger partial charge >= 0.3 is 0 Å². The van der Waals surface area contributed by atoms with Crippen molar-refractivity contribution in [3.05, 3.63) is 35.2 Å². The van der Waals surface area contributed by atoms with Gasteiger partial charge in [-0.2, -0.15) is 5.26 Å². The highest BCUT2D eigenvalue weighted by atomic mass is 35.5. The molecule has 2 aromatic rings. The third kappa shape index (κ3) is 3.08. The number of benzene rings is 1. The maximum Gasteiger partial charge on any atom is 0.225 e. The monoisotopic (exact) mass is 290 g/mol. The normalized spacial score (nSPS) is 9.70. The van der Waals surface area contributed by atoms with Gasteiger partial charge in [0, 0.05) is 17.8 Å². The van der Waals surface area contributed by atoms with E-state index in [2.05, 4.69) is 15.3 Å². The predicted octanol–water partition coefficient (Wildman–Crippen LogP) is 2.76. The van der Waals surface area contributed by atoms with Crippen molar-refractivity contribution in [2.24, 2.45) is 0 Å². The van der Waals surface area contributed by atoms with E-state index in [0.29, 0.717) is 17.3 Å². The quantitative estimate of drug-likeness (QED) is 0.872. The number of hydrogen-bond acceptors (Lipinski definition) is 6. The van der Waals surface area contributed by atoms with Crippen LogP contribution in [0.25, 0.3) is 0 Å². The minimum Gasteiger partial charge on any atom is -0.493 e. The van der Waals surface area contributed by atoms with Gasteiger partial charge in [-0.3, -0.25) is 0 Å². The summed E-state index contributed by atoms with van der Waals surface area (Å²) in [6.07, 6.45) is 0. The lowest BCUT2D eigenvalue weighted by atomic mass is 10.2. The highest BCUT2D eigenvalue weighted by Crippen LogP contribution is 2.30. The number of rotatable bonds is 4. The van der Waals surface area contributed by atoms with Crippen molar-refractivity contribution in [2.75, 3.05) is 19.5 Å². The average Bonchev–Trinajstić information content (AvgIpc) is 2.46. The van der Waals surface area contributed by atoms with Crippen LogP contribution in [0.2, 0.25) is 5.28 Å². The molecule has 0 amide bonds. The smallest absolute Gasteiger partial charge is 0.225 e. The number of ether oxygens (including phenoxy) is 2. The zero-order chi connectivity index (χ0) is 14.5. The maximum atomic E-state index is 8.84. The second-order valence-corrected chi connectivity index (χ2v) is 4.05. The summed E-state index contributed by atoms with van der Waals surface area (Å²) in [5.74, 6) is 1.63. The summed E-state index contributed by atoms with van der Waals surface area (Å²) in [6.45, 7) is 0. The molecular formula is C13H11ClN4O2. The molecule has 0 aliphatic rings. The van der Waals surface area contributed by atoms with Crippen molar-refractivity contribution in [1.82, 2.24) is 9.97 Å². The fourth-order valence-electron chi connectivity index (χ4n) is 1.60. The lowest BCUT2D eigenvalue weighted by Gasteiger charge is -2.11. The largest absolute Gasteiger partial charge is 0.493 e. The summed E-state index contributed by atoms with van der Waals surface area (Å²) >= 11 is 5.74. The van der Waals surface area contributed by atoms with Crippen LogP contribution in [0, 0.1) is 11.3 Å². The number of nitrogens with zero attached hydrogens (tertiary/aromatic N) is 3. The van der Waals surface area contributed by atoms with E-state index in [9.17, 15) is 0 Å². The molecule has 1 N–H and O–H groups in total. The first-order chi connectivity index (χ1) is 9.66. The van der Waals surface area contributed by atoms with Crippen LogP contribution in [0.3, 0.4) is 0 Å². The van der Waals surface area contributed by atoms with Crippen LogP contribution in [-0.4, -0.2) is 24.2 Å². The van der Waals surface area contributed by atoms with Crippen molar-refractivity contribution >= 4 is 23.1 Å². The second-order valence-electron chi connectivity index (χ2n) is 3.71. The summed E-state index contributed by atoms with van der Waals surface area (Å²) in [7, 11) is 3.12. The Morgan fingerprint density at radius 2 is 1.90 bits per heavy atom. The maximum absolute atomic E-state index is 8.84. The third-order valence-corrected chi connectivity index (χ3v) is 2.64. The minimum absolute atomic E-state index is 0.00651. The Morgan fingerprint density at radius 3 is 2.55 bits per heavy atom. The minimum atomic E-state index is 0.00651. The van der Waals surface area contributed by atoms with Crippen molar-refractivity contribution in [3.8, 4) is 17.6 Å². The lowest BCUT2D eigenvalue weighted by Crippen LogP contribution is -1.98. The molecule has 0 radical (unpaired) electrons. The number of halogens is 1. The van der Waals surface area contributed by atoms with Gasteiger partial charge in [0.05, 0.1) is 14.2 Å². The highest BCUT2D eigenvalue weighted by Gasteiger charge is 2.07. The Balaban J connectivity index is 2.30. The molecule has 102 valence electrons. The molecule has 0 saturated carbocycles.